The Morgan fingerprint density at radius 1 is 1.36 bits per heavy atom. The van der Waals surface area contributed by atoms with Gasteiger partial charge in [0, 0.05) is 25.0 Å². The fraction of sp³-hybridized carbons (Fsp3) is 0.353. The topological polar surface area (TPSA) is 58.1 Å². The molecule has 0 unspecified atom stereocenters. The Morgan fingerprint density at radius 3 is 3.00 bits per heavy atom. The molecule has 1 amide bonds. The maximum Gasteiger partial charge on any atom is 0.275 e. The van der Waals surface area contributed by atoms with Crippen LogP contribution in [0.1, 0.15) is 34.2 Å². The molecule has 114 valence electrons. The number of hydrogen-bond acceptors (Lipinski definition) is 4. The third kappa shape index (κ3) is 2.99. The molecular weight excluding hydrogens is 276 g/mol. The Morgan fingerprint density at radius 2 is 2.23 bits per heavy atom. The fourth-order valence-corrected chi connectivity index (χ4v) is 2.81. The molecule has 1 aromatic heterocycles. The maximum atomic E-state index is 12.3. The lowest BCUT2D eigenvalue weighted by Crippen LogP contribution is -2.31. The van der Waals surface area contributed by atoms with Gasteiger partial charge in [-0.2, -0.15) is 0 Å². The molecule has 3 rings (SSSR count). The molecule has 0 radical (unpaired) electrons. The second-order valence-electron chi connectivity index (χ2n) is 5.56. The highest BCUT2D eigenvalue weighted by Gasteiger charge is 2.19. The summed E-state index contributed by atoms with van der Waals surface area (Å²) in [6.07, 6.45) is 4.09. The predicted octanol–water partition coefficient (Wildman–Crippen LogP) is 2.42. The van der Waals surface area contributed by atoms with Crippen LogP contribution >= 0.6 is 0 Å². The molecule has 0 aliphatic carbocycles. The van der Waals surface area contributed by atoms with Gasteiger partial charge in [0.1, 0.15) is 5.69 Å². The molecule has 0 saturated heterocycles. The maximum absolute atomic E-state index is 12.3. The zero-order chi connectivity index (χ0) is 15.5. The highest BCUT2D eigenvalue weighted by Crippen LogP contribution is 2.26. The van der Waals surface area contributed by atoms with Gasteiger partial charge < -0.3 is 5.32 Å². The van der Waals surface area contributed by atoms with Gasteiger partial charge in [-0.25, -0.2) is 4.98 Å². The zero-order valence-corrected chi connectivity index (χ0v) is 13.0. The van der Waals surface area contributed by atoms with Crippen LogP contribution in [0.2, 0.25) is 0 Å². The Balaban J connectivity index is 1.83. The van der Waals surface area contributed by atoms with Crippen molar-refractivity contribution in [2.24, 2.45) is 0 Å². The largest absolute Gasteiger partial charge is 0.320 e. The molecule has 5 nitrogen and oxygen atoms in total. The van der Waals surface area contributed by atoms with Gasteiger partial charge >= 0.3 is 0 Å². The van der Waals surface area contributed by atoms with Crippen LogP contribution in [0.3, 0.4) is 0 Å². The van der Waals surface area contributed by atoms with Crippen molar-refractivity contribution >= 4 is 11.6 Å². The molecule has 2 heterocycles. The van der Waals surface area contributed by atoms with E-state index in [1.807, 2.05) is 19.1 Å². The lowest BCUT2D eigenvalue weighted by atomic mass is 9.97. The average molecular weight is 296 g/mol. The summed E-state index contributed by atoms with van der Waals surface area (Å²) >= 11 is 0. The van der Waals surface area contributed by atoms with E-state index in [1.165, 1.54) is 17.3 Å². The summed E-state index contributed by atoms with van der Waals surface area (Å²) < 4.78 is 0. The Labute approximate surface area is 130 Å². The second kappa shape index (κ2) is 6.23. The molecule has 0 spiro atoms. The number of carbonyl (C=O) groups is 1. The van der Waals surface area contributed by atoms with Crippen molar-refractivity contribution < 1.29 is 4.79 Å². The minimum absolute atomic E-state index is 0.206. The van der Waals surface area contributed by atoms with Crippen molar-refractivity contribution in [1.82, 2.24) is 14.9 Å². The Kier molecular flexibility index (Phi) is 4.15. The molecule has 0 bridgehead atoms. The number of aryl methyl sites for hydroxylation is 1. The summed E-state index contributed by atoms with van der Waals surface area (Å²) in [5.74, 6) is -0.206. The summed E-state index contributed by atoms with van der Waals surface area (Å²) in [6, 6.07) is 6.09. The second-order valence-corrected chi connectivity index (χ2v) is 5.56. The molecule has 22 heavy (non-hydrogen) atoms. The monoisotopic (exact) mass is 296 g/mol. The average Bonchev–Trinajstić information content (AvgIpc) is 2.54. The van der Waals surface area contributed by atoms with Gasteiger partial charge in [-0.05, 0) is 37.1 Å². The minimum Gasteiger partial charge on any atom is -0.320 e. The number of carbonyl (C=O) groups excluding carboxylic acids is 1. The highest BCUT2D eigenvalue weighted by molar-refractivity contribution is 6.03. The van der Waals surface area contributed by atoms with Crippen molar-refractivity contribution in [2.75, 3.05) is 18.4 Å². The van der Waals surface area contributed by atoms with Gasteiger partial charge in [-0.3, -0.25) is 14.7 Å². The van der Waals surface area contributed by atoms with Crippen molar-refractivity contribution in [3.63, 3.8) is 0 Å². The molecule has 0 saturated carbocycles. The van der Waals surface area contributed by atoms with Crippen molar-refractivity contribution in [2.45, 2.75) is 26.8 Å². The van der Waals surface area contributed by atoms with E-state index >= 15 is 0 Å². The lowest BCUT2D eigenvalue weighted by Gasteiger charge is -2.29. The molecule has 1 aliphatic heterocycles. The fourth-order valence-electron chi connectivity index (χ4n) is 2.81. The molecule has 1 aliphatic rings. The smallest absolute Gasteiger partial charge is 0.275 e. The van der Waals surface area contributed by atoms with Crippen LogP contribution in [-0.2, 0) is 13.0 Å². The SMILES string of the molecule is CCN1CCc2c(cccc2NC(=O)c2cncc(C)n2)C1. The summed E-state index contributed by atoms with van der Waals surface area (Å²) in [4.78, 5) is 23.0. The van der Waals surface area contributed by atoms with E-state index in [2.05, 4.69) is 33.2 Å². The third-order valence-electron chi connectivity index (χ3n) is 4.03. The summed E-state index contributed by atoms with van der Waals surface area (Å²) in [5, 5.41) is 2.99. The number of rotatable bonds is 3. The number of hydrogen-bond donors (Lipinski definition) is 1. The molecule has 1 aromatic carbocycles. The Bertz CT molecular complexity index is 699. The van der Waals surface area contributed by atoms with Crippen LogP contribution in [0.5, 0.6) is 0 Å². The molecule has 5 heteroatoms. The first-order chi connectivity index (χ1) is 10.7. The van der Waals surface area contributed by atoms with Gasteiger partial charge in [-0.15, -0.1) is 0 Å². The summed E-state index contributed by atoms with van der Waals surface area (Å²) in [6.45, 7) is 7.02. The first kappa shape index (κ1) is 14.7. The highest BCUT2D eigenvalue weighted by atomic mass is 16.1. The quantitative estimate of drug-likeness (QED) is 0.945. The van der Waals surface area contributed by atoms with Crippen LogP contribution in [0.25, 0.3) is 0 Å². The van der Waals surface area contributed by atoms with Crippen LogP contribution in [0.4, 0.5) is 5.69 Å². The lowest BCUT2D eigenvalue weighted by molar-refractivity contribution is 0.102. The first-order valence-corrected chi connectivity index (χ1v) is 7.60. The Hall–Kier alpha value is -2.27. The number of anilines is 1. The van der Waals surface area contributed by atoms with E-state index in [9.17, 15) is 4.79 Å². The van der Waals surface area contributed by atoms with Crippen molar-refractivity contribution in [3.05, 3.63) is 53.1 Å². The van der Waals surface area contributed by atoms with E-state index in [0.717, 1.165) is 37.4 Å². The van der Waals surface area contributed by atoms with Gasteiger partial charge in [0.05, 0.1) is 11.9 Å². The van der Waals surface area contributed by atoms with Gasteiger partial charge in [0.25, 0.3) is 5.91 Å². The zero-order valence-electron chi connectivity index (χ0n) is 13.0. The molecule has 2 aromatic rings. The number of fused-ring (bicyclic) bond motifs is 1. The predicted molar refractivity (Wildman–Crippen MR) is 85.8 cm³/mol. The molecule has 0 atom stereocenters. The molecular formula is C17H20N4O. The molecule has 1 N–H and O–H groups in total. The minimum atomic E-state index is -0.206. The first-order valence-electron chi connectivity index (χ1n) is 7.60. The van der Waals surface area contributed by atoms with Gasteiger partial charge in [-0.1, -0.05) is 19.1 Å². The standard InChI is InChI=1S/C17H20N4O/c1-3-21-8-7-14-13(11-21)5-4-6-15(14)20-17(22)16-10-18-9-12(2)19-16/h4-6,9-10H,3,7-8,11H2,1-2H3,(H,20,22). The van der Waals surface area contributed by atoms with E-state index in [4.69, 9.17) is 0 Å². The van der Waals surface area contributed by atoms with Crippen molar-refractivity contribution in [1.29, 1.82) is 0 Å². The van der Waals surface area contributed by atoms with E-state index in [-0.39, 0.29) is 5.91 Å². The number of nitrogens with one attached hydrogen (secondary N) is 1. The van der Waals surface area contributed by atoms with Crippen molar-refractivity contribution in [3.8, 4) is 0 Å². The number of aromatic nitrogens is 2. The van der Waals surface area contributed by atoms with Crippen LogP contribution in [0, 0.1) is 6.92 Å². The normalized spacial score (nSPS) is 14.5. The summed E-state index contributed by atoms with van der Waals surface area (Å²) in [5.41, 5.74) is 4.51. The number of likely N-dealkylation sites (N-methyl/N-ethyl adjacent to an activating group) is 1. The van der Waals surface area contributed by atoms with E-state index < -0.39 is 0 Å². The summed E-state index contributed by atoms with van der Waals surface area (Å²) in [7, 11) is 0. The van der Waals surface area contributed by atoms with E-state index in [1.54, 1.807) is 6.20 Å². The number of amides is 1. The molecule has 0 fully saturated rings. The van der Waals surface area contributed by atoms with Gasteiger partial charge in [0.15, 0.2) is 0 Å². The van der Waals surface area contributed by atoms with Crippen LogP contribution in [-0.4, -0.2) is 33.9 Å². The van der Waals surface area contributed by atoms with Crippen LogP contribution < -0.4 is 5.32 Å². The van der Waals surface area contributed by atoms with E-state index in [0.29, 0.717) is 5.69 Å². The van der Waals surface area contributed by atoms with Crippen LogP contribution in [0.15, 0.2) is 30.6 Å². The third-order valence-corrected chi connectivity index (χ3v) is 4.03. The number of benzene rings is 1. The van der Waals surface area contributed by atoms with Gasteiger partial charge in [0.2, 0.25) is 0 Å². The number of nitrogens with zero attached hydrogens (tertiary/aromatic N) is 3.